The molecule has 0 radical (unpaired) electrons. The van der Waals surface area contributed by atoms with Crippen molar-refractivity contribution < 1.29 is 4.74 Å². The maximum atomic E-state index is 9.53. The van der Waals surface area contributed by atoms with Crippen LogP contribution in [0.1, 0.15) is 45.4 Å². The Labute approximate surface area is 182 Å². The first-order chi connectivity index (χ1) is 15.1. The van der Waals surface area contributed by atoms with Crippen LogP contribution in [0.15, 0.2) is 84.9 Å². The molecule has 4 aromatic rings. The standard InChI is InChI=1S/C27H23N3O/c1-18-24(17-28)29-19(2)25(18)26-30-23-16-10-9-15-22(23)27(31-26,20-11-5-3-6-12-20)21-13-7-4-8-14-21/h3-16,26,29-30H,1-2H3/t26-/m1/s1. The third-order valence-corrected chi connectivity index (χ3v) is 6.12. The Morgan fingerprint density at radius 1 is 0.839 bits per heavy atom. The number of ether oxygens (including phenoxy) is 1. The zero-order chi connectivity index (χ0) is 21.4. The SMILES string of the molecule is Cc1[nH]c(C#N)c(C)c1[C@@H]1Nc2ccccc2C(c2ccccc2)(c2ccccc2)O1. The van der Waals surface area contributed by atoms with E-state index in [-0.39, 0.29) is 0 Å². The normalized spacial score (nSPS) is 16.7. The van der Waals surface area contributed by atoms with E-state index in [0.717, 1.165) is 39.2 Å². The molecule has 2 N–H and O–H groups in total. The van der Waals surface area contributed by atoms with Crippen molar-refractivity contribution in [3.63, 3.8) is 0 Å². The molecule has 0 saturated carbocycles. The van der Waals surface area contributed by atoms with Crippen LogP contribution in [0, 0.1) is 25.2 Å². The molecule has 31 heavy (non-hydrogen) atoms. The number of benzene rings is 3. The summed E-state index contributed by atoms with van der Waals surface area (Å²) < 4.78 is 7.04. The lowest BCUT2D eigenvalue weighted by Crippen LogP contribution is -2.41. The molecule has 0 unspecified atom stereocenters. The van der Waals surface area contributed by atoms with Gasteiger partial charge in [0.25, 0.3) is 0 Å². The first-order valence-electron chi connectivity index (χ1n) is 10.4. The minimum Gasteiger partial charge on any atom is -0.356 e. The molecule has 2 heterocycles. The Morgan fingerprint density at radius 2 is 1.42 bits per heavy atom. The summed E-state index contributed by atoms with van der Waals surface area (Å²) in [5, 5.41) is 13.1. The second-order valence-corrected chi connectivity index (χ2v) is 7.88. The largest absolute Gasteiger partial charge is 0.356 e. The molecule has 1 atom stereocenters. The molecule has 0 fully saturated rings. The van der Waals surface area contributed by atoms with E-state index in [1.165, 1.54) is 0 Å². The van der Waals surface area contributed by atoms with E-state index < -0.39 is 11.8 Å². The van der Waals surface area contributed by atoms with Crippen molar-refractivity contribution in [3.8, 4) is 6.07 Å². The van der Waals surface area contributed by atoms with Crippen molar-refractivity contribution in [2.24, 2.45) is 0 Å². The summed E-state index contributed by atoms with van der Waals surface area (Å²) in [5.74, 6) is 0. The van der Waals surface area contributed by atoms with Gasteiger partial charge in [-0.25, -0.2) is 0 Å². The van der Waals surface area contributed by atoms with Crippen molar-refractivity contribution in [2.45, 2.75) is 25.7 Å². The highest BCUT2D eigenvalue weighted by molar-refractivity contribution is 5.64. The fraction of sp³-hybridized carbons (Fsp3) is 0.148. The lowest BCUT2D eigenvalue weighted by atomic mass is 9.78. The van der Waals surface area contributed by atoms with Crippen LogP contribution in [0.25, 0.3) is 0 Å². The predicted octanol–water partition coefficient (Wildman–Crippen LogP) is 5.94. The number of rotatable bonds is 3. The van der Waals surface area contributed by atoms with E-state index >= 15 is 0 Å². The average Bonchev–Trinajstić information content (AvgIpc) is 3.12. The minimum absolute atomic E-state index is 0.423. The van der Waals surface area contributed by atoms with Crippen LogP contribution in [0.5, 0.6) is 0 Å². The molecule has 152 valence electrons. The summed E-state index contributed by atoms with van der Waals surface area (Å²) in [6.45, 7) is 3.96. The van der Waals surface area contributed by atoms with Gasteiger partial charge in [0.15, 0.2) is 6.23 Å². The quantitative estimate of drug-likeness (QED) is 0.444. The van der Waals surface area contributed by atoms with Gasteiger partial charge in [-0.15, -0.1) is 0 Å². The Balaban J connectivity index is 1.80. The van der Waals surface area contributed by atoms with Gasteiger partial charge in [0.2, 0.25) is 0 Å². The van der Waals surface area contributed by atoms with E-state index in [4.69, 9.17) is 4.74 Å². The predicted molar refractivity (Wildman–Crippen MR) is 122 cm³/mol. The molecule has 1 aromatic heterocycles. The molecular formula is C27H23N3O. The van der Waals surface area contributed by atoms with Crippen molar-refractivity contribution in [3.05, 3.63) is 124 Å². The monoisotopic (exact) mass is 405 g/mol. The van der Waals surface area contributed by atoms with Crippen LogP contribution in [-0.2, 0) is 10.3 Å². The molecule has 0 amide bonds. The maximum absolute atomic E-state index is 9.53. The van der Waals surface area contributed by atoms with Crippen LogP contribution in [-0.4, -0.2) is 4.98 Å². The second-order valence-electron chi connectivity index (χ2n) is 7.88. The van der Waals surface area contributed by atoms with Crippen LogP contribution < -0.4 is 5.32 Å². The Bertz CT molecular complexity index is 1230. The van der Waals surface area contributed by atoms with Gasteiger partial charge in [0.05, 0.1) is 0 Å². The molecule has 1 aliphatic rings. The lowest BCUT2D eigenvalue weighted by molar-refractivity contribution is -0.0436. The highest BCUT2D eigenvalue weighted by Crippen LogP contribution is 2.50. The van der Waals surface area contributed by atoms with Gasteiger partial charge in [0.1, 0.15) is 17.4 Å². The number of aromatic amines is 1. The van der Waals surface area contributed by atoms with Crippen LogP contribution in [0.2, 0.25) is 0 Å². The molecule has 0 bridgehead atoms. The molecule has 4 heteroatoms. The summed E-state index contributed by atoms with van der Waals surface area (Å²) in [4.78, 5) is 3.21. The first-order valence-corrected chi connectivity index (χ1v) is 10.4. The van der Waals surface area contributed by atoms with E-state index in [1.807, 2.05) is 62.4 Å². The summed E-state index contributed by atoms with van der Waals surface area (Å²) in [6, 6.07) is 31.2. The number of hydrogen-bond acceptors (Lipinski definition) is 3. The maximum Gasteiger partial charge on any atom is 0.158 e. The third kappa shape index (κ3) is 2.94. The second kappa shape index (κ2) is 7.46. The van der Waals surface area contributed by atoms with Crippen LogP contribution in [0.4, 0.5) is 5.69 Å². The zero-order valence-corrected chi connectivity index (χ0v) is 17.5. The summed E-state index contributed by atoms with van der Waals surface area (Å²) in [5.41, 5.74) is 6.80. The van der Waals surface area contributed by atoms with Crippen molar-refractivity contribution in [1.29, 1.82) is 5.26 Å². The number of aryl methyl sites for hydroxylation is 1. The van der Waals surface area contributed by atoms with Crippen molar-refractivity contribution >= 4 is 5.69 Å². The van der Waals surface area contributed by atoms with E-state index in [2.05, 4.69) is 52.8 Å². The number of nitriles is 1. The highest BCUT2D eigenvalue weighted by Gasteiger charge is 2.45. The Kier molecular flexibility index (Phi) is 4.62. The number of anilines is 1. The minimum atomic E-state index is -0.794. The van der Waals surface area contributed by atoms with Gasteiger partial charge >= 0.3 is 0 Å². The molecule has 0 spiro atoms. The summed E-state index contributed by atoms with van der Waals surface area (Å²) in [7, 11) is 0. The summed E-state index contributed by atoms with van der Waals surface area (Å²) >= 11 is 0. The fourth-order valence-electron chi connectivity index (χ4n) is 4.69. The van der Waals surface area contributed by atoms with E-state index in [9.17, 15) is 5.26 Å². The van der Waals surface area contributed by atoms with Gasteiger partial charge in [-0.1, -0.05) is 78.9 Å². The average molecular weight is 406 g/mol. The molecular weight excluding hydrogens is 382 g/mol. The number of hydrogen-bond donors (Lipinski definition) is 2. The topological polar surface area (TPSA) is 60.8 Å². The molecule has 0 aliphatic carbocycles. The van der Waals surface area contributed by atoms with Crippen LogP contribution >= 0.6 is 0 Å². The lowest BCUT2D eigenvalue weighted by Gasteiger charge is -2.44. The van der Waals surface area contributed by atoms with E-state index in [1.54, 1.807) is 0 Å². The Hall–Kier alpha value is -3.81. The highest BCUT2D eigenvalue weighted by atomic mass is 16.5. The third-order valence-electron chi connectivity index (χ3n) is 6.12. The van der Waals surface area contributed by atoms with Gasteiger partial charge < -0.3 is 15.0 Å². The van der Waals surface area contributed by atoms with Gasteiger partial charge in [-0.3, -0.25) is 0 Å². The summed E-state index contributed by atoms with van der Waals surface area (Å²) in [6.07, 6.45) is -0.423. The zero-order valence-electron chi connectivity index (χ0n) is 17.5. The number of nitrogens with one attached hydrogen (secondary N) is 2. The van der Waals surface area contributed by atoms with Crippen LogP contribution in [0.3, 0.4) is 0 Å². The number of fused-ring (bicyclic) bond motifs is 1. The number of H-pyrrole nitrogens is 1. The molecule has 3 aromatic carbocycles. The Morgan fingerprint density at radius 3 is 2.00 bits per heavy atom. The van der Waals surface area contributed by atoms with Gasteiger partial charge in [-0.2, -0.15) is 5.26 Å². The van der Waals surface area contributed by atoms with Crippen molar-refractivity contribution in [2.75, 3.05) is 5.32 Å². The molecule has 5 rings (SSSR count). The smallest absolute Gasteiger partial charge is 0.158 e. The van der Waals surface area contributed by atoms with Gasteiger partial charge in [0, 0.05) is 22.5 Å². The number of aromatic nitrogens is 1. The fourth-order valence-corrected chi connectivity index (χ4v) is 4.69. The molecule has 1 aliphatic heterocycles. The number of nitrogens with zero attached hydrogens (tertiary/aromatic N) is 1. The first kappa shape index (κ1) is 19.2. The van der Waals surface area contributed by atoms with Gasteiger partial charge in [-0.05, 0) is 36.6 Å². The molecule has 0 saturated heterocycles. The van der Waals surface area contributed by atoms with Crippen molar-refractivity contribution in [1.82, 2.24) is 4.98 Å². The molecule has 4 nitrogen and oxygen atoms in total. The van der Waals surface area contributed by atoms with E-state index in [0.29, 0.717) is 5.69 Å². The number of para-hydroxylation sites is 1.